The lowest BCUT2D eigenvalue weighted by Gasteiger charge is -1.97. The SMILES string of the molecule is C#CC(C)CCC(=O)O. The highest BCUT2D eigenvalue weighted by Gasteiger charge is 2.00. The zero-order chi connectivity index (χ0) is 7.28. The van der Waals surface area contributed by atoms with Gasteiger partial charge < -0.3 is 5.11 Å². The van der Waals surface area contributed by atoms with Crippen LogP contribution in [0.5, 0.6) is 0 Å². The minimum Gasteiger partial charge on any atom is -0.481 e. The first-order valence-electron chi connectivity index (χ1n) is 2.84. The Labute approximate surface area is 54.9 Å². The van der Waals surface area contributed by atoms with Crippen molar-refractivity contribution in [1.82, 2.24) is 0 Å². The van der Waals surface area contributed by atoms with E-state index in [4.69, 9.17) is 11.5 Å². The van der Waals surface area contributed by atoms with Crippen molar-refractivity contribution in [3.8, 4) is 12.3 Å². The molecule has 0 heterocycles. The van der Waals surface area contributed by atoms with Crippen LogP contribution in [0.1, 0.15) is 19.8 Å². The minimum absolute atomic E-state index is 0.0844. The quantitative estimate of drug-likeness (QED) is 0.575. The van der Waals surface area contributed by atoms with Gasteiger partial charge in [0.15, 0.2) is 0 Å². The molecule has 0 bridgehead atoms. The molecule has 0 amide bonds. The molecule has 0 aromatic heterocycles. The van der Waals surface area contributed by atoms with E-state index in [2.05, 4.69) is 5.92 Å². The molecule has 0 aliphatic rings. The highest BCUT2D eigenvalue weighted by atomic mass is 16.4. The molecule has 1 unspecified atom stereocenters. The van der Waals surface area contributed by atoms with Crippen molar-refractivity contribution in [1.29, 1.82) is 0 Å². The van der Waals surface area contributed by atoms with Crippen LogP contribution in [-0.4, -0.2) is 11.1 Å². The third-order valence-corrected chi connectivity index (χ3v) is 1.08. The molecule has 0 aliphatic heterocycles. The van der Waals surface area contributed by atoms with Crippen molar-refractivity contribution in [3.63, 3.8) is 0 Å². The van der Waals surface area contributed by atoms with Crippen LogP contribution in [0.2, 0.25) is 0 Å². The Hall–Kier alpha value is -0.970. The third kappa shape index (κ3) is 4.89. The number of carboxylic acids is 1. The van der Waals surface area contributed by atoms with Crippen molar-refractivity contribution < 1.29 is 9.90 Å². The lowest BCUT2D eigenvalue weighted by Crippen LogP contribution is -1.98. The van der Waals surface area contributed by atoms with Crippen LogP contribution in [0.15, 0.2) is 0 Å². The van der Waals surface area contributed by atoms with Gasteiger partial charge in [0.1, 0.15) is 0 Å². The van der Waals surface area contributed by atoms with Crippen molar-refractivity contribution in [2.45, 2.75) is 19.8 Å². The van der Waals surface area contributed by atoms with Crippen LogP contribution in [-0.2, 0) is 4.79 Å². The van der Waals surface area contributed by atoms with Crippen molar-refractivity contribution >= 4 is 5.97 Å². The van der Waals surface area contributed by atoms with E-state index in [1.165, 1.54) is 0 Å². The second-order valence-corrected chi connectivity index (χ2v) is 2.00. The van der Waals surface area contributed by atoms with Gasteiger partial charge in [0.2, 0.25) is 0 Å². The number of rotatable bonds is 3. The Morgan fingerprint density at radius 2 is 2.44 bits per heavy atom. The van der Waals surface area contributed by atoms with Gasteiger partial charge in [-0.3, -0.25) is 4.79 Å². The summed E-state index contributed by atoms with van der Waals surface area (Å²) < 4.78 is 0. The Kier molecular flexibility index (Phi) is 3.54. The third-order valence-electron chi connectivity index (χ3n) is 1.08. The van der Waals surface area contributed by atoms with Crippen LogP contribution in [0.25, 0.3) is 0 Å². The first-order valence-corrected chi connectivity index (χ1v) is 2.84. The Morgan fingerprint density at radius 3 is 2.78 bits per heavy atom. The van der Waals surface area contributed by atoms with Crippen molar-refractivity contribution in [3.05, 3.63) is 0 Å². The number of carbonyl (C=O) groups is 1. The monoisotopic (exact) mass is 126 g/mol. The summed E-state index contributed by atoms with van der Waals surface area (Å²) in [6.45, 7) is 1.84. The second-order valence-electron chi connectivity index (χ2n) is 2.00. The van der Waals surface area contributed by atoms with E-state index in [-0.39, 0.29) is 12.3 Å². The van der Waals surface area contributed by atoms with Gasteiger partial charge in [0, 0.05) is 12.3 Å². The van der Waals surface area contributed by atoms with Gasteiger partial charge in [-0.15, -0.1) is 12.3 Å². The molecule has 0 spiro atoms. The van der Waals surface area contributed by atoms with Crippen molar-refractivity contribution in [2.24, 2.45) is 5.92 Å². The van der Waals surface area contributed by atoms with Gasteiger partial charge in [-0.05, 0) is 6.42 Å². The molecule has 0 rings (SSSR count). The molecule has 0 saturated heterocycles. The number of hydrogen-bond donors (Lipinski definition) is 1. The number of aliphatic carboxylic acids is 1. The Bertz CT molecular complexity index is 132. The highest BCUT2D eigenvalue weighted by Crippen LogP contribution is 2.02. The summed E-state index contributed by atoms with van der Waals surface area (Å²) in [5.74, 6) is 1.76. The molecule has 0 aromatic rings. The molecular formula is C7H10O2. The van der Waals surface area contributed by atoms with Gasteiger partial charge in [0.25, 0.3) is 0 Å². The number of terminal acetylenes is 1. The lowest BCUT2D eigenvalue weighted by molar-refractivity contribution is -0.137. The smallest absolute Gasteiger partial charge is 0.303 e. The average molecular weight is 126 g/mol. The van der Waals surface area contributed by atoms with E-state index < -0.39 is 5.97 Å². The van der Waals surface area contributed by atoms with E-state index in [1.54, 1.807) is 0 Å². The average Bonchev–Trinajstić information content (AvgIpc) is 1.83. The van der Waals surface area contributed by atoms with Crippen molar-refractivity contribution in [2.75, 3.05) is 0 Å². The molecule has 2 nitrogen and oxygen atoms in total. The summed E-state index contributed by atoms with van der Waals surface area (Å²) in [5.41, 5.74) is 0. The number of hydrogen-bond acceptors (Lipinski definition) is 1. The van der Waals surface area contributed by atoms with Gasteiger partial charge in [-0.1, -0.05) is 6.92 Å². The molecule has 0 aliphatic carbocycles. The van der Waals surface area contributed by atoms with Crippen LogP contribution in [0, 0.1) is 18.3 Å². The summed E-state index contributed by atoms with van der Waals surface area (Å²) in [7, 11) is 0. The van der Waals surface area contributed by atoms with E-state index in [0.717, 1.165) is 0 Å². The van der Waals surface area contributed by atoms with E-state index in [1.807, 2.05) is 6.92 Å². The summed E-state index contributed by atoms with van der Waals surface area (Å²) in [5, 5.41) is 8.19. The summed E-state index contributed by atoms with van der Waals surface area (Å²) >= 11 is 0. The number of carboxylic acid groups (broad SMARTS) is 1. The van der Waals surface area contributed by atoms with Gasteiger partial charge >= 0.3 is 5.97 Å². The first-order chi connectivity index (χ1) is 4.16. The Balaban J connectivity index is 3.30. The maximum atomic E-state index is 9.95. The summed E-state index contributed by atoms with van der Waals surface area (Å²) in [6.07, 6.45) is 5.76. The molecular weight excluding hydrogens is 116 g/mol. The molecule has 50 valence electrons. The largest absolute Gasteiger partial charge is 0.481 e. The van der Waals surface area contributed by atoms with Crippen LogP contribution in [0.3, 0.4) is 0 Å². The lowest BCUT2D eigenvalue weighted by atomic mass is 10.1. The topological polar surface area (TPSA) is 37.3 Å². The molecule has 0 saturated carbocycles. The fourth-order valence-electron chi connectivity index (χ4n) is 0.423. The van der Waals surface area contributed by atoms with Crippen LogP contribution >= 0.6 is 0 Å². The van der Waals surface area contributed by atoms with Gasteiger partial charge in [-0.2, -0.15) is 0 Å². The molecule has 1 atom stereocenters. The zero-order valence-electron chi connectivity index (χ0n) is 5.42. The van der Waals surface area contributed by atoms with Gasteiger partial charge in [-0.25, -0.2) is 0 Å². The fraction of sp³-hybridized carbons (Fsp3) is 0.571. The molecule has 9 heavy (non-hydrogen) atoms. The standard InChI is InChI=1S/C7H10O2/c1-3-6(2)4-5-7(8)9/h1,6H,4-5H2,2H3,(H,8,9). The summed E-state index contributed by atoms with van der Waals surface area (Å²) in [6, 6.07) is 0. The molecule has 1 N–H and O–H groups in total. The normalized spacial score (nSPS) is 12.0. The van der Waals surface area contributed by atoms with E-state index in [9.17, 15) is 4.79 Å². The Morgan fingerprint density at radius 1 is 1.89 bits per heavy atom. The first kappa shape index (κ1) is 8.03. The maximum absolute atomic E-state index is 9.95. The zero-order valence-corrected chi connectivity index (χ0v) is 5.42. The fourth-order valence-corrected chi connectivity index (χ4v) is 0.423. The molecule has 0 fully saturated rings. The molecule has 0 aromatic carbocycles. The maximum Gasteiger partial charge on any atom is 0.303 e. The molecule has 0 radical (unpaired) electrons. The second kappa shape index (κ2) is 3.96. The molecule has 2 heteroatoms. The summed E-state index contributed by atoms with van der Waals surface area (Å²) in [4.78, 5) is 9.95. The predicted octanol–water partition coefficient (Wildman–Crippen LogP) is 1.12. The minimum atomic E-state index is -0.780. The predicted molar refractivity (Wildman–Crippen MR) is 34.9 cm³/mol. The van der Waals surface area contributed by atoms with Crippen LogP contribution in [0.4, 0.5) is 0 Å². The van der Waals surface area contributed by atoms with Gasteiger partial charge in [0.05, 0.1) is 0 Å². The highest BCUT2D eigenvalue weighted by molar-refractivity contribution is 5.66. The van der Waals surface area contributed by atoms with E-state index in [0.29, 0.717) is 6.42 Å². The van der Waals surface area contributed by atoms with Crippen LogP contribution < -0.4 is 0 Å². The van der Waals surface area contributed by atoms with E-state index >= 15 is 0 Å².